The van der Waals surface area contributed by atoms with Gasteiger partial charge in [-0.15, -0.1) is 0 Å². The van der Waals surface area contributed by atoms with Crippen LogP contribution in [0.15, 0.2) is 12.1 Å². The van der Waals surface area contributed by atoms with Crippen molar-refractivity contribution in [3.05, 3.63) is 23.3 Å². The van der Waals surface area contributed by atoms with E-state index < -0.39 is 0 Å². The Morgan fingerprint density at radius 1 is 1.18 bits per heavy atom. The molecular weight excluding hydrogens is 214 g/mol. The van der Waals surface area contributed by atoms with E-state index in [1.54, 1.807) is 0 Å². The van der Waals surface area contributed by atoms with Gasteiger partial charge in [0.25, 0.3) is 0 Å². The van der Waals surface area contributed by atoms with Crippen molar-refractivity contribution in [3.8, 4) is 5.75 Å². The Labute approximate surface area is 103 Å². The summed E-state index contributed by atoms with van der Waals surface area (Å²) in [6.07, 6.45) is 0. The Kier molecular flexibility index (Phi) is 3.89. The number of rotatable bonds is 3. The largest absolute Gasteiger partial charge is 0.492 e. The summed E-state index contributed by atoms with van der Waals surface area (Å²) in [6, 6.07) is 4.37. The Balaban J connectivity index is 2.32. The van der Waals surface area contributed by atoms with Crippen molar-refractivity contribution in [2.24, 2.45) is 0 Å². The maximum atomic E-state index is 5.74. The van der Waals surface area contributed by atoms with Crippen LogP contribution in [0.1, 0.15) is 18.1 Å². The number of ether oxygens (including phenoxy) is 2. The molecule has 3 heteroatoms. The summed E-state index contributed by atoms with van der Waals surface area (Å²) in [5, 5.41) is 0. The van der Waals surface area contributed by atoms with Gasteiger partial charge in [0.15, 0.2) is 0 Å². The van der Waals surface area contributed by atoms with Crippen molar-refractivity contribution in [3.63, 3.8) is 0 Å². The molecule has 1 aliphatic rings. The third-order valence-corrected chi connectivity index (χ3v) is 3.23. The monoisotopic (exact) mass is 235 g/mol. The summed E-state index contributed by atoms with van der Waals surface area (Å²) >= 11 is 0. The highest BCUT2D eigenvalue weighted by Gasteiger charge is 2.16. The van der Waals surface area contributed by atoms with Gasteiger partial charge < -0.3 is 14.4 Å². The van der Waals surface area contributed by atoms with E-state index >= 15 is 0 Å². The average molecular weight is 235 g/mol. The van der Waals surface area contributed by atoms with Gasteiger partial charge in [0.2, 0.25) is 0 Å². The Hall–Kier alpha value is -1.22. The second-order valence-corrected chi connectivity index (χ2v) is 4.44. The number of hydrogen-bond donors (Lipinski definition) is 0. The van der Waals surface area contributed by atoms with E-state index in [9.17, 15) is 0 Å². The predicted molar refractivity (Wildman–Crippen MR) is 70.1 cm³/mol. The highest BCUT2D eigenvalue weighted by Crippen LogP contribution is 2.32. The first-order valence-electron chi connectivity index (χ1n) is 6.29. The average Bonchev–Trinajstić information content (AvgIpc) is 2.35. The second kappa shape index (κ2) is 5.41. The van der Waals surface area contributed by atoms with Gasteiger partial charge in [-0.2, -0.15) is 0 Å². The lowest BCUT2D eigenvalue weighted by Crippen LogP contribution is -2.36. The molecular formula is C14H21NO2. The fourth-order valence-corrected chi connectivity index (χ4v) is 2.10. The number of morpholine rings is 1. The summed E-state index contributed by atoms with van der Waals surface area (Å²) in [6.45, 7) is 10.5. The number of nitrogens with zero attached hydrogens (tertiary/aromatic N) is 1. The summed E-state index contributed by atoms with van der Waals surface area (Å²) in [7, 11) is 0. The number of hydrogen-bond acceptors (Lipinski definition) is 3. The van der Waals surface area contributed by atoms with Crippen molar-refractivity contribution < 1.29 is 9.47 Å². The van der Waals surface area contributed by atoms with Gasteiger partial charge >= 0.3 is 0 Å². The molecule has 1 fully saturated rings. The Morgan fingerprint density at radius 3 is 2.47 bits per heavy atom. The van der Waals surface area contributed by atoms with Crippen LogP contribution in [0.5, 0.6) is 5.75 Å². The van der Waals surface area contributed by atoms with E-state index in [4.69, 9.17) is 9.47 Å². The third kappa shape index (κ3) is 2.72. The molecule has 0 bridgehead atoms. The van der Waals surface area contributed by atoms with Gasteiger partial charge in [-0.1, -0.05) is 0 Å². The molecule has 0 N–H and O–H groups in total. The minimum atomic E-state index is 0.708. The van der Waals surface area contributed by atoms with Crippen molar-refractivity contribution >= 4 is 5.69 Å². The maximum absolute atomic E-state index is 5.74. The predicted octanol–water partition coefficient (Wildman–Crippen LogP) is 2.54. The zero-order valence-corrected chi connectivity index (χ0v) is 11.0. The van der Waals surface area contributed by atoms with Crippen molar-refractivity contribution in [2.75, 3.05) is 37.8 Å². The van der Waals surface area contributed by atoms with Crippen LogP contribution in [0, 0.1) is 13.8 Å². The molecule has 0 spiro atoms. The van der Waals surface area contributed by atoms with E-state index in [1.165, 1.54) is 16.8 Å². The highest BCUT2D eigenvalue weighted by atomic mass is 16.5. The van der Waals surface area contributed by atoms with Gasteiger partial charge in [-0.25, -0.2) is 0 Å². The van der Waals surface area contributed by atoms with Gasteiger partial charge in [-0.3, -0.25) is 0 Å². The highest BCUT2D eigenvalue weighted by molar-refractivity contribution is 5.62. The molecule has 2 rings (SSSR count). The minimum Gasteiger partial charge on any atom is -0.492 e. The zero-order chi connectivity index (χ0) is 12.3. The van der Waals surface area contributed by atoms with Crippen LogP contribution in [0.2, 0.25) is 0 Å². The van der Waals surface area contributed by atoms with Crippen LogP contribution in [0.25, 0.3) is 0 Å². The molecule has 3 nitrogen and oxygen atoms in total. The first kappa shape index (κ1) is 12.2. The zero-order valence-electron chi connectivity index (χ0n) is 11.0. The molecule has 0 unspecified atom stereocenters. The molecule has 1 aromatic carbocycles. The van der Waals surface area contributed by atoms with E-state index in [1.807, 2.05) is 6.92 Å². The second-order valence-electron chi connectivity index (χ2n) is 4.44. The molecule has 0 amide bonds. The van der Waals surface area contributed by atoms with Crippen molar-refractivity contribution in [1.29, 1.82) is 0 Å². The quantitative estimate of drug-likeness (QED) is 0.803. The minimum absolute atomic E-state index is 0.708. The Morgan fingerprint density at radius 2 is 1.82 bits per heavy atom. The van der Waals surface area contributed by atoms with E-state index in [0.29, 0.717) is 6.61 Å². The van der Waals surface area contributed by atoms with Crippen LogP contribution in [0.3, 0.4) is 0 Å². The molecule has 94 valence electrons. The SMILES string of the molecule is CCOc1cc(C)c(C)cc1N1CCOCC1. The summed E-state index contributed by atoms with van der Waals surface area (Å²) in [4.78, 5) is 2.35. The molecule has 17 heavy (non-hydrogen) atoms. The van der Waals surface area contributed by atoms with Crippen LogP contribution in [-0.2, 0) is 4.74 Å². The number of benzene rings is 1. The van der Waals surface area contributed by atoms with Crippen molar-refractivity contribution in [1.82, 2.24) is 0 Å². The standard InChI is InChI=1S/C14H21NO2/c1-4-17-14-10-12(3)11(2)9-13(14)15-5-7-16-8-6-15/h9-10H,4-8H2,1-3H3. The van der Waals surface area contributed by atoms with Crippen LogP contribution < -0.4 is 9.64 Å². The van der Waals surface area contributed by atoms with Crippen molar-refractivity contribution in [2.45, 2.75) is 20.8 Å². The van der Waals surface area contributed by atoms with Crippen LogP contribution in [-0.4, -0.2) is 32.9 Å². The van der Waals surface area contributed by atoms with E-state index in [-0.39, 0.29) is 0 Å². The third-order valence-electron chi connectivity index (χ3n) is 3.23. The molecule has 0 aliphatic carbocycles. The fourth-order valence-electron chi connectivity index (χ4n) is 2.10. The van der Waals surface area contributed by atoms with E-state index in [2.05, 4.69) is 30.9 Å². The summed E-state index contributed by atoms with van der Waals surface area (Å²) in [5.41, 5.74) is 3.80. The number of anilines is 1. The first-order valence-corrected chi connectivity index (χ1v) is 6.29. The molecule has 1 aliphatic heterocycles. The fraction of sp³-hybridized carbons (Fsp3) is 0.571. The van der Waals surface area contributed by atoms with Gasteiger partial charge in [-0.05, 0) is 44.0 Å². The lowest BCUT2D eigenvalue weighted by atomic mass is 10.1. The van der Waals surface area contributed by atoms with Crippen LogP contribution in [0.4, 0.5) is 5.69 Å². The first-order chi connectivity index (χ1) is 8.22. The summed E-state index contributed by atoms with van der Waals surface area (Å²) < 4.78 is 11.1. The Bertz CT molecular complexity index is 384. The van der Waals surface area contributed by atoms with Gasteiger partial charge in [0.1, 0.15) is 5.75 Å². The molecule has 0 atom stereocenters. The van der Waals surface area contributed by atoms with Gasteiger partial charge in [0.05, 0.1) is 25.5 Å². The molecule has 0 radical (unpaired) electrons. The lowest BCUT2D eigenvalue weighted by Gasteiger charge is -2.30. The normalized spacial score (nSPS) is 16.1. The number of aryl methyl sites for hydroxylation is 2. The molecule has 1 saturated heterocycles. The molecule has 1 aromatic rings. The lowest BCUT2D eigenvalue weighted by molar-refractivity contribution is 0.122. The van der Waals surface area contributed by atoms with Gasteiger partial charge in [0, 0.05) is 13.1 Å². The topological polar surface area (TPSA) is 21.7 Å². The molecule has 0 saturated carbocycles. The molecule has 0 aromatic heterocycles. The smallest absolute Gasteiger partial charge is 0.142 e. The van der Waals surface area contributed by atoms with E-state index in [0.717, 1.165) is 32.1 Å². The summed E-state index contributed by atoms with van der Waals surface area (Å²) in [5.74, 6) is 0.998. The maximum Gasteiger partial charge on any atom is 0.142 e. The molecule has 1 heterocycles. The van der Waals surface area contributed by atoms with Crippen LogP contribution >= 0.6 is 0 Å².